The molecule has 6 N–H and O–H groups in total. The van der Waals surface area contributed by atoms with Gasteiger partial charge in [0.05, 0.1) is 45.5 Å². The van der Waals surface area contributed by atoms with Gasteiger partial charge in [-0.3, -0.25) is 4.79 Å². The first-order chi connectivity index (χ1) is 24.0. The summed E-state index contributed by atoms with van der Waals surface area (Å²) in [6.07, 6.45) is -14.1. The van der Waals surface area contributed by atoms with Crippen molar-refractivity contribution in [1.29, 1.82) is 0 Å². The average Bonchev–Trinajstić information content (AvgIpc) is 3.57. The molecule has 0 amide bonds. The number of carbonyl (C=O) groups is 1. The van der Waals surface area contributed by atoms with Gasteiger partial charge < -0.3 is 73.3 Å². The van der Waals surface area contributed by atoms with E-state index in [9.17, 15) is 35.4 Å². The Kier molecular flexibility index (Phi) is 9.68. The number of Topliss-reactive ketones (excluding diaryl/α,β-unsaturated/α-hetero) is 1. The number of fused-ring (bicyclic) bond motifs is 6. The molecule has 2 saturated heterocycles. The molecule has 3 unspecified atom stereocenters. The fourth-order valence-electron chi connectivity index (χ4n) is 6.88. The number of rotatable bonds is 9. The van der Waals surface area contributed by atoms with Crippen LogP contribution in [-0.4, -0.2) is 145 Å². The second-order valence-corrected chi connectivity index (χ2v) is 12.9. The normalized spacial score (nSPS) is 35.7. The van der Waals surface area contributed by atoms with E-state index in [1.807, 2.05) is 0 Å². The molecule has 5 aliphatic rings. The first kappa shape index (κ1) is 34.9. The summed E-state index contributed by atoms with van der Waals surface area (Å²) in [5.41, 5.74) is 2.20. The summed E-state index contributed by atoms with van der Waals surface area (Å²) in [4.78, 5) is 13.9. The molecule has 0 bridgehead atoms. The van der Waals surface area contributed by atoms with E-state index in [4.69, 9.17) is 42.6 Å². The molecular weight excluding hydrogens is 664 g/mol. The van der Waals surface area contributed by atoms with E-state index in [1.54, 1.807) is 24.3 Å². The lowest BCUT2D eigenvalue weighted by Crippen LogP contribution is -2.60. The molecule has 12 atom stereocenters. The maximum Gasteiger partial charge on any atom is 0.187 e. The fourth-order valence-corrected chi connectivity index (χ4v) is 6.88. The Bertz CT molecular complexity index is 1610. The van der Waals surface area contributed by atoms with Gasteiger partial charge in [-0.15, -0.1) is 0 Å². The Labute approximate surface area is 286 Å². The summed E-state index contributed by atoms with van der Waals surface area (Å²) in [7, 11) is 3.04. The fraction of sp³-hybridized carbons (Fsp3) is 0.559. The molecule has 0 saturated carbocycles. The van der Waals surface area contributed by atoms with Crippen LogP contribution in [0.2, 0.25) is 0 Å². The Morgan fingerprint density at radius 1 is 0.860 bits per heavy atom. The lowest BCUT2D eigenvalue weighted by molar-refractivity contribution is -0.319. The molecule has 2 aromatic carbocycles. The van der Waals surface area contributed by atoms with Crippen LogP contribution in [0, 0.1) is 0 Å². The van der Waals surface area contributed by atoms with Gasteiger partial charge in [0, 0.05) is 23.6 Å². The topological polar surface area (TPSA) is 222 Å². The van der Waals surface area contributed by atoms with Gasteiger partial charge in [-0.05, 0) is 23.8 Å². The van der Waals surface area contributed by atoms with Crippen LogP contribution >= 0.6 is 0 Å². The molecule has 0 radical (unpaired) electrons. The number of methoxy groups -OCH3 is 2. The molecular formula is C34H40O16. The molecule has 0 aromatic heterocycles. The van der Waals surface area contributed by atoms with Gasteiger partial charge in [-0.1, -0.05) is 6.58 Å². The molecule has 0 spiro atoms. The minimum Gasteiger partial charge on any atom is -0.493 e. The molecule has 2 aromatic rings. The van der Waals surface area contributed by atoms with Gasteiger partial charge >= 0.3 is 0 Å². The van der Waals surface area contributed by atoms with E-state index in [1.165, 1.54) is 14.2 Å². The monoisotopic (exact) mass is 704 g/mol. The second kappa shape index (κ2) is 13.9. The summed E-state index contributed by atoms with van der Waals surface area (Å²) in [6, 6.07) is 6.82. The van der Waals surface area contributed by atoms with Gasteiger partial charge in [0.1, 0.15) is 78.8 Å². The highest BCUT2D eigenvalue weighted by atomic mass is 16.7. The van der Waals surface area contributed by atoms with Crippen molar-refractivity contribution < 1.29 is 78.1 Å². The van der Waals surface area contributed by atoms with Crippen molar-refractivity contribution in [2.45, 2.75) is 79.9 Å². The number of aliphatic hydroxyl groups excluding tert-OH is 6. The summed E-state index contributed by atoms with van der Waals surface area (Å²) in [5, 5.41) is 61.2. The van der Waals surface area contributed by atoms with E-state index < -0.39 is 80.0 Å². The molecule has 7 rings (SSSR count). The van der Waals surface area contributed by atoms with Crippen molar-refractivity contribution in [3.63, 3.8) is 0 Å². The van der Waals surface area contributed by atoms with Gasteiger partial charge in [0.25, 0.3) is 0 Å². The Hall–Kier alpha value is -3.55. The maximum absolute atomic E-state index is 13.9. The van der Waals surface area contributed by atoms with Gasteiger partial charge in [-0.25, -0.2) is 0 Å². The highest BCUT2D eigenvalue weighted by molar-refractivity contribution is 6.06. The SMILES string of the molecule is C=C(CO[C@@H]1O[C@H](CO[C@@H]2OC[C@H](O)[C@H](O)[C@H]2O)[C@@H](O)[C@H](O)[C@H]1O)C1Cc2c(ccc3c2OC2COc4cc(OC)c(OC)cc4C2C3=O)O1. The smallest absolute Gasteiger partial charge is 0.187 e. The molecule has 16 heteroatoms. The van der Waals surface area contributed by atoms with E-state index in [0.29, 0.717) is 57.4 Å². The Morgan fingerprint density at radius 3 is 2.36 bits per heavy atom. The van der Waals surface area contributed by atoms with Crippen molar-refractivity contribution in [1.82, 2.24) is 0 Å². The van der Waals surface area contributed by atoms with Crippen molar-refractivity contribution in [2.24, 2.45) is 0 Å². The van der Waals surface area contributed by atoms with Crippen molar-refractivity contribution in [3.8, 4) is 28.7 Å². The quantitative estimate of drug-likeness (QED) is 0.172. The third-order valence-electron chi connectivity index (χ3n) is 9.76. The summed E-state index contributed by atoms with van der Waals surface area (Å²) >= 11 is 0. The zero-order valence-corrected chi connectivity index (χ0v) is 27.2. The first-order valence-corrected chi connectivity index (χ1v) is 16.2. The molecule has 16 nitrogen and oxygen atoms in total. The Balaban J connectivity index is 0.993. The zero-order valence-electron chi connectivity index (χ0n) is 27.2. The molecule has 0 aliphatic carbocycles. The van der Waals surface area contributed by atoms with Crippen LogP contribution < -0.4 is 23.7 Å². The first-order valence-electron chi connectivity index (χ1n) is 16.2. The standard InChI is InChI=1S/C34H40O16/c1-13(9-45-34-31(41)29(39)28(38)24(50-34)12-47-33-30(40)27(37)17(35)10-46-33)19-7-16-18(48-19)5-4-14-26(36)25-15-6-21(42-2)22(43-3)8-20(15)44-11-23(25)49-32(14)16/h4-6,8,17,19,23-25,27-31,33-35,37-41H,1,7,9-12H2,2-3H3/t17-,19?,23?,24+,25?,27-,28+,29-,30+,31+,33-,34+/m0/s1. The van der Waals surface area contributed by atoms with Crippen LogP contribution in [0.3, 0.4) is 0 Å². The maximum atomic E-state index is 13.9. The summed E-state index contributed by atoms with van der Waals surface area (Å²) in [5.74, 6) is 1.67. The number of benzene rings is 2. The number of hydrogen-bond donors (Lipinski definition) is 6. The van der Waals surface area contributed by atoms with Crippen LogP contribution in [0.4, 0.5) is 0 Å². The zero-order chi connectivity index (χ0) is 35.4. The van der Waals surface area contributed by atoms with Crippen LogP contribution in [0.15, 0.2) is 36.4 Å². The Morgan fingerprint density at radius 2 is 1.60 bits per heavy atom. The summed E-state index contributed by atoms with van der Waals surface area (Å²) in [6.45, 7) is 3.35. The van der Waals surface area contributed by atoms with E-state index in [0.717, 1.165) is 0 Å². The molecule has 5 aliphatic heterocycles. The number of ether oxygens (including phenoxy) is 9. The lowest BCUT2D eigenvalue weighted by atomic mass is 9.81. The average molecular weight is 705 g/mol. The van der Waals surface area contributed by atoms with E-state index in [-0.39, 0.29) is 25.6 Å². The predicted octanol–water partition coefficient (Wildman–Crippen LogP) is -1.04. The number of hydrogen-bond acceptors (Lipinski definition) is 16. The van der Waals surface area contributed by atoms with Crippen LogP contribution in [0.25, 0.3) is 0 Å². The number of ketones is 1. The van der Waals surface area contributed by atoms with Crippen molar-refractivity contribution in [2.75, 3.05) is 40.6 Å². The predicted molar refractivity (Wildman–Crippen MR) is 167 cm³/mol. The van der Waals surface area contributed by atoms with Crippen LogP contribution in [0.1, 0.15) is 27.4 Å². The minimum absolute atomic E-state index is 0.123. The molecule has 50 heavy (non-hydrogen) atoms. The van der Waals surface area contributed by atoms with Crippen molar-refractivity contribution >= 4 is 5.78 Å². The second-order valence-electron chi connectivity index (χ2n) is 12.9. The third-order valence-corrected chi connectivity index (χ3v) is 9.76. The van der Waals surface area contributed by atoms with Crippen LogP contribution in [0.5, 0.6) is 28.7 Å². The molecule has 272 valence electrons. The third kappa shape index (κ3) is 6.08. The van der Waals surface area contributed by atoms with Gasteiger partial charge in [0.15, 0.2) is 29.9 Å². The van der Waals surface area contributed by atoms with Crippen molar-refractivity contribution in [3.05, 3.63) is 53.1 Å². The molecule has 5 heterocycles. The van der Waals surface area contributed by atoms with Gasteiger partial charge in [0.2, 0.25) is 0 Å². The molecule has 2 fully saturated rings. The van der Waals surface area contributed by atoms with E-state index in [2.05, 4.69) is 6.58 Å². The van der Waals surface area contributed by atoms with Crippen LogP contribution in [-0.2, 0) is 25.4 Å². The summed E-state index contributed by atoms with van der Waals surface area (Å²) < 4.78 is 51.5. The van der Waals surface area contributed by atoms with Gasteiger partial charge in [-0.2, -0.15) is 0 Å². The highest BCUT2D eigenvalue weighted by Gasteiger charge is 2.48. The number of carbonyl (C=O) groups excluding carboxylic acids is 1. The highest BCUT2D eigenvalue weighted by Crippen LogP contribution is 2.50. The lowest BCUT2D eigenvalue weighted by Gasteiger charge is -2.41. The largest absolute Gasteiger partial charge is 0.493 e. The minimum atomic E-state index is -1.67. The van der Waals surface area contributed by atoms with E-state index >= 15 is 0 Å². The number of aliphatic hydroxyl groups is 6.